The SMILES string of the molecule is O=C(ONC(CC1CC1)C(O)C(=O)O)c1ccccc1. The summed E-state index contributed by atoms with van der Waals surface area (Å²) in [5, 5.41) is 18.4. The number of nitrogens with one attached hydrogen (secondary N) is 1. The maximum absolute atomic E-state index is 11.7. The molecule has 0 spiro atoms. The largest absolute Gasteiger partial charge is 0.479 e. The second-order valence-corrected chi connectivity index (χ2v) is 4.94. The lowest BCUT2D eigenvalue weighted by Gasteiger charge is -2.20. The fraction of sp³-hybridized carbons (Fsp3) is 0.429. The van der Waals surface area contributed by atoms with Gasteiger partial charge < -0.3 is 15.1 Å². The standard InChI is InChI=1S/C14H17NO5/c16-12(13(17)18)11(8-9-6-7-9)15-20-14(19)10-4-2-1-3-5-10/h1-5,9,11-12,15-16H,6-8H2,(H,17,18). The van der Waals surface area contributed by atoms with E-state index < -0.39 is 24.1 Å². The Morgan fingerprint density at radius 3 is 2.50 bits per heavy atom. The third-order valence-corrected chi connectivity index (χ3v) is 3.23. The summed E-state index contributed by atoms with van der Waals surface area (Å²) in [6.45, 7) is 0. The van der Waals surface area contributed by atoms with Crippen molar-refractivity contribution in [2.75, 3.05) is 0 Å². The lowest BCUT2D eigenvalue weighted by molar-refractivity contribution is -0.150. The molecule has 1 saturated carbocycles. The molecule has 0 aromatic heterocycles. The van der Waals surface area contributed by atoms with Gasteiger partial charge in [0.2, 0.25) is 0 Å². The van der Waals surface area contributed by atoms with Crippen LogP contribution < -0.4 is 5.48 Å². The smallest absolute Gasteiger partial charge is 0.356 e. The molecule has 6 heteroatoms. The number of hydroxylamine groups is 1. The summed E-state index contributed by atoms with van der Waals surface area (Å²) in [5.74, 6) is -1.56. The zero-order valence-electron chi connectivity index (χ0n) is 10.9. The Bertz CT molecular complexity index is 472. The molecule has 3 N–H and O–H groups in total. The highest BCUT2D eigenvalue weighted by Gasteiger charge is 2.33. The molecular formula is C14H17NO5. The van der Waals surface area contributed by atoms with Crippen LogP contribution >= 0.6 is 0 Å². The molecule has 0 heterocycles. The van der Waals surface area contributed by atoms with E-state index in [0.717, 1.165) is 12.8 Å². The van der Waals surface area contributed by atoms with Crippen LogP contribution in [0.15, 0.2) is 30.3 Å². The van der Waals surface area contributed by atoms with Gasteiger partial charge in [-0.05, 0) is 24.5 Å². The Kier molecular flexibility index (Phi) is 4.70. The Morgan fingerprint density at radius 1 is 1.30 bits per heavy atom. The molecule has 0 aliphatic heterocycles. The quantitative estimate of drug-likeness (QED) is 0.643. The molecule has 1 fully saturated rings. The molecule has 2 unspecified atom stereocenters. The Balaban J connectivity index is 1.90. The average molecular weight is 279 g/mol. The van der Waals surface area contributed by atoms with Crippen LogP contribution in [0.2, 0.25) is 0 Å². The van der Waals surface area contributed by atoms with Gasteiger partial charge in [-0.3, -0.25) is 0 Å². The van der Waals surface area contributed by atoms with Crippen LogP contribution in [0.5, 0.6) is 0 Å². The number of aliphatic carboxylic acids is 1. The van der Waals surface area contributed by atoms with Gasteiger partial charge in [-0.15, -0.1) is 5.48 Å². The molecule has 1 aliphatic rings. The van der Waals surface area contributed by atoms with E-state index in [1.54, 1.807) is 30.3 Å². The number of aliphatic hydroxyl groups is 1. The highest BCUT2D eigenvalue weighted by atomic mass is 16.7. The molecule has 2 atom stereocenters. The van der Waals surface area contributed by atoms with Gasteiger partial charge in [0.15, 0.2) is 6.10 Å². The van der Waals surface area contributed by atoms with Crippen molar-refractivity contribution in [3.8, 4) is 0 Å². The second-order valence-electron chi connectivity index (χ2n) is 4.94. The Labute approximate surface area is 116 Å². The van der Waals surface area contributed by atoms with Crippen molar-refractivity contribution in [1.29, 1.82) is 0 Å². The summed E-state index contributed by atoms with van der Waals surface area (Å²) in [5.41, 5.74) is 2.75. The number of hydrogen-bond acceptors (Lipinski definition) is 5. The summed E-state index contributed by atoms with van der Waals surface area (Å²) in [6, 6.07) is 7.55. The number of benzene rings is 1. The number of aliphatic hydroxyl groups excluding tert-OH is 1. The molecule has 0 saturated heterocycles. The first-order valence-corrected chi connectivity index (χ1v) is 6.50. The summed E-state index contributed by atoms with van der Waals surface area (Å²) < 4.78 is 0. The zero-order valence-corrected chi connectivity index (χ0v) is 10.9. The van der Waals surface area contributed by atoms with E-state index in [-0.39, 0.29) is 0 Å². The maximum Gasteiger partial charge on any atom is 0.356 e. The minimum atomic E-state index is -1.60. The van der Waals surface area contributed by atoms with Crippen molar-refractivity contribution in [1.82, 2.24) is 5.48 Å². The Hall–Kier alpha value is -1.92. The summed E-state index contributed by atoms with van der Waals surface area (Å²) >= 11 is 0. The molecule has 1 aromatic rings. The van der Waals surface area contributed by atoms with Gasteiger partial charge in [0.1, 0.15) is 0 Å². The third kappa shape index (κ3) is 4.04. The monoisotopic (exact) mass is 279 g/mol. The van der Waals surface area contributed by atoms with Gasteiger partial charge in [-0.25, -0.2) is 9.59 Å². The van der Waals surface area contributed by atoms with Crippen LogP contribution in [0, 0.1) is 5.92 Å². The molecular weight excluding hydrogens is 262 g/mol. The molecule has 1 aromatic carbocycles. The van der Waals surface area contributed by atoms with E-state index >= 15 is 0 Å². The van der Waals surface area contributed by atoms with Crippen molar-refractivity contribution in [3.05, 3.63) is 35.9 Å². The minimum absolute atomic E-state index is 0.356. The topological polar surface area (TPSA) is 95.9 Å². The lowest BCUT2D eigenvalue weighted by Crippen LogP contribution is -2.45. The molecule has 2 rings (SSSR count). The van der Waals surface area contributed by atoms with Crippen LogP contribution in [-0.2, 0) is 9.63 Å². The number of rotatable bonds is 7. The number of carboxylic acid groups (broad SMARTS) is 1. The van der Waals surface area contributed by atoms with Crippen LogP contribution in [0.25, 0.3) is 0 Å². The Morgan fingerprint density at radius 2 is 1.95 bits per heavy atom. The van der Waals surface area contributed by atoms with E-state index in [1.807, 2.05) is 0 Å². The maximum atomic E-state index is 11.7. The van der Waals surface area contributed by atoms with Gasteiger partial charge in [-0.2, -0.15) is 0 Å². The van der Waals surface area contributed by atoms with Crippen LogP contribution in [0.4, 0.5) is 0 Å². The lowest BCUT2D eigenvalue weighted by atomic mass is 10.1. The zero-order chi connectivity index (χ0) is 14.5. The van der Waals surface area contributed by atoms with Crippen molar-refractivity contribution < 1.29 is 24.6 Å². The van der Waals surface area contributed by atoms with E-state index in [2.05, 4.69) is 5.48 Å². The van der Waals surface area contributed by atoms with Crippen molar-refractivity contribution in [2.45, 2.75) is 31.4 Å². The van der Waals surface area contributed by atoms with E-state index in [9.17, 15) is 14.7 Å². The fourth-order valence-corrected chi connectivity index (χ4v) is 1.89. The highest BCUT2D eigenvalue weighted by Crippen LogP contribution is 2.34. The molecule has 0 radical (unpaired) electrons. The molecule has 6 nitrogen and oxygen atoms in total. The van der Waals surface area contributed by atoms with E-state index in [4.69, 9.17) is 9.94 Å². The highest BCUT2D eigenvalue weighted by molar-refractivity contribution is 5.89. The van der Waals surface area contributed by atoms with E-state index in [0.29, 0.717) is 17.9 Å². The molecule has 1 aliphatic carbocycles. The van der Waals surface area contributed by atoms with Gasteiger partial charge in [-0.1, -0.05) is 31.0 Å². The van der Waals surface area contributed by atoms with Crippen LogP contribution in [0.3, 0.4) is 0 Å². The van der Waals surface area contributed by atoms with Gasteiger partial charge in [0.25, 0.3) is 0 Å². The van der Waals surface area contributed by atoms with Crippen LogP contribution in [0.1, 0.15) is 29.6 Å². The number of hydrogen-bond donors (Lipinski definition) is 3. The predicted molar refractivity (Wildman–Crippen MR) is 69.8 cm³/mol. The summed E-state index contributed by atoms with van der Waals surface area (Å²) in [4.78, 5) is 27.4. The van der Waals surface area contributed by atoms with Crippen LogP contribution in [-0.4, -0.2) is 34.3 Å². The number of carboxylic acids is 1. The second kappa shape index (κ2) is 6.49. The fourth-order valence-electron chi connectivity index (χ4n) is 1.89. The first kappa shape index (κ1) is 14.5. The average Bonchev–Trinajstić information content (AvgIpc) is 3.27. The molecule has 108 valence electrons. The van der Waals surface area contributed by atoms with Crippen molar-refractivity contribution in [2.24, 2.45) is 5.92 Å². The molecule has 0 bridgehead atoms. The minimum Gasteiger partial charge on any atom is -0.479 e. The number of carbonyl (C=O) groups excluding carboxylic acids is 1. The molecule has 20 heavy (non-hydrogen) atoms. The van der Waals surface area contributed by atoms with Crippen molar-refractivity contribution >= 4 is 11.9 Å². The van der Waals surface area contributed by atoms with Crippen molar-refractivity contribution in [3.63, 3.8) is 0 Å². The van der Waals surface area contributed by atoms with Gasteiger partial charge in [0, 0.05) is 0 Å². The van der Waals surface area contributed by atoms with E-state index in [1.165, 1.54) is 0 Å². The third-order valence-electron chi connectivity index (χ3n) is 3.23. The summed E-state index contributed by atoms with van der Waals surface area (Å²) in [6.07, 6.45) is 0.892. The van der Waals surface area contributed by atoms with Gasteiger partial charge in [0.05, 0.1) is 11.6 Å². The predicted octanol–water partition coefficient (Wildman–Crippen LogP) is 0.962. The first-order valence-electron chi connectivity index (χ1n) is 6.50. The molecule has 0 amide bonds. The summed E-state index contributed by atoms with van der Waals surface area (Å²) in [7, 11) is 0. The first-order chi connectivity index (χ1) is 9.58. The number of carbonyl (C=O) groups is 2. The normalized spacial score (nSPS) is 17.2. The van der Waals surface area contributed by atoms with Gasteiger partial charge >= 0.3 is 11.9 Å².